The third-order valence-electron chi connectivity index (χ3n) is 3.72. The summed E-state index contributed by atoms with van der Waals surface area (Å²) in [6.07, 6.45) is 6.12. The van der Waals surface area contributed by atoms with Crippen LogP contribution in [0.3, 0.4) is 0 Å². The maximum Gasteiger partial charge on any atom is 0.0644 e. The zero-order chi connectivity index (χ0) is 15.2. The smallest absolute Gasteiger partial charge is 0.0644 e. The number of aryl methyl sites for hydroxylation is 3. The maximum absolute atomic E-state index is 9.02. The second-order valence-electron chi connectivity index (χ2n) is 5.40. The molecule has 21 heavy (non-hydrogen) atoms. The molecule has 2 N–H and O–H groups in total. The van der Waals surface area contributed by atoms with Crippen LogP contribution in [0.1, 0.15) is 28.9 Å². The molecule has 6 nitrogen and oxygen atoms in total. The van der Waals surface area contributed by atoms with Crippen molar-refractivity contribution in [3.05, 3.63) is 34.9 Å². The van der Waals surface area contributed by atoms with Crippen LogP contribution >= 0.6 is 0 Å². The summed E-state index contributed by atoms with van der Waals surface area (Å²) in [5, 5.41) is 21.1. The average Bonchev–Trinajstić information content (AvgIpc) is 2.97. The Morgan fingerprint density at radius 2 is 2.14 bits per heavy atom. The SMILES string of the molecule is Cc1nn(CCO)c(C)c1CNCCCc1cnn(C)c1. The first-order valence-electron chi connectivity index (χ1n) is 7.43. The van der Waals surface area contributed by atoms with E-state index in [2.05, 4.69) is 28.6 Å². The van der Waals surface area contributed by atoms with Crippen LogP contribution in [0.4, 0.5) is 0 Å². The Kier molecular flexibility index (Phi) is 5.52. The predicted molar refractivity (Wildman–Crippen MR) is 82.0 cm³/mol. The highest BCUT2D eigenvalue weighted by Gasteiger charge is 2.10. The van der Waals surface area contributed by atoms with Crippen molar-refractivity contribution in [3.63, 3.8) is 0 Å². The zero-order valence-corrected chi connectivity index (χ0v) is 13.1. The van der Waals surface area contributed by atoms with Crippen LogP contribution in [0.25, 0.3) is 0 Å². The molecule has 2 aromatic heterocycles. The first kappa shape index (κ1) is 15.7. The van der Waals surface area contributed by atoms with Gasteiger partial charge in [0.1, 0.15) is 0 Å². The fourth-order valence-electron chi connectivity index (χ4n) is 2.53. The van der Waals surface area contributed by atoms with Crippen molar-refractivity contribution in [1.82, 2.24) is 24.9 Å². The molecule has 0 saturated carbocycles. The quantitative estimate of drug-likeness (QED) is 0.711. The monoisotopic (exact) mass is 291 g/mol. The Hall–Kier alpha value is -1.66. The third kappa shape index (κ3) is 4.15. The van der Waals surface area contributed by atoms with Crippen molar-refractivity contribution in [3.8, 4) is 0 Å². The molecule has 0 unspecified atom stereocenters. The number of aliphatic hydroxyl groups is 1. The number of hydrogen-bond acceptors (Lipinski definition) is 4. The Morgan fingerprint density at radius 1 is 1.33 bits per heavy atom. The number of rotatable bonds is 8. The van der Waals surface area contributed by atoms with Crippen molar-refractivity contribution in [1.29, 1.82) is 0 Å². The largest absolute Gasteiger partial charge is 0.394 e. The van der Waals surface area contributed by atoms with E-state index in [0.717, 1.165) is 37.3 Å². The molecule has 2 rings (SSSR count). The van der Waals surface area contributed by atoms with Gasteiger partial charge in [0.05, 0.1) is 25.0 Å². The van der Waals surface area contributed by atoms with Gasteiger partial charge >= 0.3 is 0 Å². The van der Waals surface area contributed by atoms with Gasteiger partial charge in [0.25, 0.3) is 0 Å². The van der Waals surface area contributed by atoms with E-state index in [9.17, 15) is 0 Å². The van der Waals surface area contributed by atoms with Gasteiger partial charge in [-0.3, -0.25) is 9.36 Å². The molecule has 0 amide bonds. The van der Waals surface area contributed by atoms with Gasteiger partial charge < -0.3 is 10.4 Å². The van der Waals surface area contributed by atoms with Gasteiger partial charge in [0.2, 0.25) is 0 Å². The second kappa shape index (κ2) is 7.38. The molecule has 0 aromatic carbocycles. The summed E-state index contributed by atoms with van der Waals surface area (Å²) in [4.78, 5) is 0. The highest BCUT2D eigenvalue weighted by molar-refractivity contribution is 5.24. The summed E-state index contributed by atoms with van der Waals surface area (Å²) in [7, 11) is 1.94. The first-order valence-corrected chi connectivity index (χ1v) is 7.43. The topological polar surface area (TPSA) is 67.9 Å². The van der Waals surface area contributed by atoms with Crippen LogP contribution in [0.15, 0.2) is 12.4 Å². The summed E-state index contributed by atoms with van der Waals surface area (Å²) in [6.45, 7) is 6.57. The lowest BCUT2D eigenvalue weighted by Gasteiger charge is -2.06. The third-order valence-corrected chi connectivity index (χ3v) is 3.72. The van der Waals surface area contributed by atoms with Crippen molar-refractivity contribution in [2.24, 2.45) is 7.05 Å². The van der Waals surface area contributed by atoms with E-state index in [1.807, 2.05) is 29.5 Å². The number of aliphatic hydroxyl groups excluding tert-OH is 1. The summed E-state index contributed by atoms with van der Waals surface area (Å²) in [5.41, 5.74) is 4.70. The van der Waals surface area contributed by atoms with E-state index < -0.39 is 0 Å². The molecule has 116 valence electrons. The lowest BCUT2D eigenvalue weighted by atomic mass is 10.2. The van der Waals surface area contributed by atoms with Crippen molar-refractivity contribution >= 4 is 0 Å². The van der Waals surface area contributed by atoms with E-state index in [1.165, 1.54) is 11.1 Å². The molecular formula is C15H25N5O. The van der Waals surface area contributed by atoms with Crippen LogP contribution in [-0.4, -0.2) is 37.8 Å². The lowest BCUT2D eigenvalue weighted by Crippen LogP contribution is -2.16. The molecule has 0 spiro atoms. The van der Waals surface area contributed by atoms with Gasteiger partial charge in [-0.2, -0.15) is 10.2 Å². The van der Waals surface area contributed by atoms with Gasteiger partial charge in [-0.25, -0.2) is 0 Å². The zero-order valence-electron chi connectivity index (χ0n) is 13.1. The van der Waals surface area contributed by atoms with E-state index in [0.29, 0.717) is 6.54 Å². The molecule has 0 radical (unpaired) electrons. The molecule has 0 aliphatic heterocycles. The summed E-state index contributed by atoms with van der Waals surface area (Å²) >= 11 is 0. The Bertz CT molecular complexity index is 573. The molecular weight excluding hydrogens is 266 g/mol. The minimum Gasteiger partial charge on any atom is -0.394 e. The summed E-state index contributed by atoms with van der Waals surface area (Å²) < 4.78 is 3.72. The molecule has 0 bridgehead atoms. The van der Waals surface area contributed by atoms with Gasteiger partial charge in [-0.05, 0) is 38.8 Å². The van der Waals surface area contributed by atoms with Crippen molar-refractivity contribution in [2.45, 2.75) is 39.8 Å². The van der Waals surface area contributed by atoms with Crippen molar-refractivity contribution < 1.29 is 5.11 Å². The normalized spacial score (nSPS) is 11.2. The molecule has 0 atom stereocenters. The fraction of sp³-hybridized carbons (Fsp3) is 0.600. The molecule has 6 heteroatoms. The maximum atomic E-state index is 9.02. The Morgan fingerprint density at radius 3 is 2.81 bits per heavy atom. The minimum absolute atomic E-state index is 0.125. The number of hydrogen-bond donors (Lipinski definition) is 2. The van der Waals surface area contributed by atoms with Gasteiger partial charge in [-0.15, -0.1) is 0 Å². The highest BCUT2D eigenvalue weighted by Crippen LogP contribution is 2.12. The number of aromatic nitrogens is 4. The van der Waals surface area contributed by atoms with Crippen LogP contribution in [-0.2, 0) is 26.6 Å². The lowest BCUT2D eigenvalue weighted by molar-refractivity contribution is 0.267. The van der Waals surface area contributed by atoms with Gasteiger partial charge in [-0.1, -0.05) is 0 Å². The van der Waals surface area contributed by atoms with E-state index >= 15 is 0 Å². The van der Waals surface area contributed by atoms with Crippen molar-refractivity contribution in [2.75, 3.05) is 13.2 Å². The number of nitrogens with zero attached hydrogens (tertiary/aromatic N) is 4. The Balaban J connectivity index is 1.75. The minimum atomic E-state index is 0.125. The molecule has 0 saturated heterocycles. The van der Waals surface area contributed by atoms with Crippen LogP contribution in [0.5, 0.6) is 0 Å². The molecule has 2 aromatic rings. The molecule has 0 aliphatic rings. The van der Waals surface area contributed by atoms with Gasteiger partial charge in [0, 0.05) is 31.0 Å². The van der Waals surface area contributed by atoms with E-state index in [-0.39, 0.29) is 6.61 Å². The molecule has 2 heterocycles. The second-order valence-corrected chi connectivity index (χ2v) is 5.40. The van der Waals surface area contributed by atoms with Gasteiger partial charge in [0.15, 0.2) is 0 Å². The average molecular weight is 291 g/mol. The summed E-state index contributed by atoms with van der Waals surface area (Å²) in [5.74, 6) is 0. The van der Waals surface area contributed by atoms with Crippen LogP contribution in [0, 0.1) is 13.8 Å². The van der Waals surface area contributed by atoms with Crippen LogP contribution in [0.2, 0.25) is 0 Å². The predicted octanol–water partition coefficient (Wildman–Crippen LogP) is 0.948. The molecule has 0 aliphatic carbocycles. The fourth-order valence-corrected chi connectivity index (χ4v) is 2.53. The van der Waals surface area contributed by atoms with Crippen LogP contribution < -0.4 is 5.32 Å². The number of nitrogens with one attached hydrogen (secondary N) is 1. The summed E-state index contributed by atoms with van der Waals surface area (Å²) in [6, 6.07) is 0. The van der Waals surface area contributed by atoms with E-state index in [1.54, 1.807) is 0 Å². The standard InChI is InChI=1S/C15H25N5O/c1-12-15(13(2)20(18-12)7-8-21)10-16-6-4-5-14-9-17-19(3)11-14/h9,11,16,21H,4-8,10H2,1-3H3. The Labute approximate surface area is 125 Å². The van der Waals surface area contributed by atoms with E-state index in [4.69, 9.17) is 5.11 Å². The molecule has 0 fully saturated rings. The highest BCUT2D eigenvalue weighted by atomic mass is 16.3. The first-order chi connectivity index (χ1) is 10.1.